The summed E-state index contributed by atoms with van der Waals surface area (Å²) in [6.07, 6.45) is -26.3. The molecule has 0 amide bonds. The number of carbonyl (C=O) groups excluding carboxylic acids is 7. The molecule has 118 heavy (non-hydrogen) atoms. The number of rotatable bonds is 33. The number of esters is 7. The second-order valence-corrected chi connectivity index (χ2v) is 27.8. The maximum absolute atomic E-state index is 15.6. The average molecular weight is 1590 g/mol. The van der Waals surface area contributed by atoms with Gasteiger partial charge in [-0.2, -0.15) is 0 Å². The number of carbonyl (C=O) groups is 7. The number of hydrogen-bond donors (Lipinski definition) is 0. The van der Waals surface area contributed by atoms with Crippen LogP contribution in [0.3, 0.4) is 0 Å². The van der Waals surface area contributed by atoms with E-state index in [4.69, 9.17) is 75.8 Å². The summed E-state index contributed by atoms with van der Waals surface area (Å²) in [5, 5.41) is 0. The standard InChI is InChI=1S/C95H84O23/c96-86(67-42-20-5-21-43-67)107-61-75-78(112-88(98)69-46-24-7-25-47-69)81(113-89(99)70-48-26-8-27-49-70)84(115-91(101)72-52-30-10-31-53-72)94(110-75)117-79-76(62-108-87(97)68-44-22-6-23-45-68)111-95(85(116-92(102)73-54-32-11-33-55-73)82(79)114-90(100)71-50-28-9-29-51-71)118-93-83(106-59-66-40-18-4-19-41-66)80(105-58-65-38-16-3-17-39-65)77(104-57-64-36-14-2-15-37-64)74(109-93)60-103-56-63-34-12-1-13-35-63/h1-55,74-85,93-95H,56-62H2/t74-,75-,76-,77-,78-,79-,80+,81+,82+,83-,84-,85-,93-,94-,95+/m1/s1. The summed E-state index contributed by atoms with van der Waals surface area (Å²) in [6.45, 7) is -1.71. The van der Waals surface area contributed by atoms with Gasteiger partial charge in [-0.25, -0.2) is 33.6 Å². The van der Waals surface area contributed by atoms with E-state index in [1.54, 1.807) is 127 Å². The zero-order valence-corrected chi connectivity index (χ0v) is 63.8. The fraction of sp³-hybridized carbons (Fsp3) is 0.232. The Morgan fingerprint density at radius 3 is 0.788 bits per heavy atom. The van der Waals surface area contributed by atoms with Crippen molar-refractivity contribution in [3.8, 4) is 0 Å². The van der Waals surface area contributed by atoms with Crippen LogP contribution in [-0.2, 0) is 102 Å². The minimum atomic E-state index is -2.19. The molecular formula is C95H84O23. The van der Waals surface area contributed by atoms with Gasteiger partial charge in [0.2, 0.25) is 6.29 Å². The maximum atomic E-state index is 15.6. The molecule has 3 aliphatic heterocycles. The molecule has 0 aromatic heterocycles. The van der Waals surface area contributed by atoms with Gasteiger partial charge in [0.1, 0.15) is 55.9 Å². The summed E-state index contributed by atoms with van der Waals surface area (Å²) in [4.78, 5) is 105. The summed E-state index contributed by atoms with van der Waals surface area (Å²) >= 11 is 0. The highest BCUT2D eigenvalue weighted by molar-refractivity contribution is 5.93. The molecule has 0 unspecified atom stereocenters. The SMILES string of the molecule is O=C(OC[C@H]1O[C@H](O[C@H]2[C@H](OC(=O)c3ccccc3)[C@@H](OC(=O)c3ccccc3)[C@H](O[C@H]3O[C@H](COCc4ccccc4)[C@@H](OCc4ccccc4)[C@H](OCc4ccccc4)[C@H]3OCc3ccccc3)O[C@@H]2COC(=O)c2ccccc2)[C@H](OC(=O)c2ccccc2)[C@@H](OC(=O)c2ccccc2)[C@@H]1OC(=O)c1ccccc1)c1ccccc1. The van der Waals surface area contributed by atoms with Crippen LogP contribution in [0.4, 0.5) is 0 Å². The Kier molecular flexibility index (Phi) is 28.6. The Hall–Kier alpha value is -12.7. The van der Waals surface area contributed by atoms with E-state index in [2.05, 4.69) is 0 Å². The fourth-order valence-electron chi connectivity index (χ4n) is 13.7. The Balaban J connectivity index is 0.939. The van der Waals surface area contributed by atoms with Crippen molar-refractivity contribution in [1.29, 1.82) is 0 Å². The molecule has 0 aliphatic carbocycles. The predicted molar refractivity (Wildman–Crippen MR) is 425 cm³/mol. The number of ether oxygens (including phenoxy) is 16. The average Bonchev–Trinajstić information content (AvgIpc) is 0.756. The Morgan fingerprint density at radius 1 is 0.212 bits per heavy atom. The molecule has 11 aromatic carbocycles. The van der Waals surface area contributed by atoms with Crippen LogP contribution < -0.4 is 0 Å². The van der Waals surface area contributed by atoms with E-state index < -0.39 is 147 Å². The maximum Gasteiger partial charge on any atom is 0.338 e. The first-order valence-electron chi connectivity index (χ1n) is 38.5. The highest BCUT2D eigenvalue weighted by Crippen LogP contribution is 2.40. The lowest BCUT2D eigenvalue weighted by Gasteiger charge is -2.50. The van der Waals surface area contributed by atoms with Crippen molar-refractivity contribution in [2.75, 3.05) is 19.8 Å². The van der Waals surface area contributed by atoms with E-state index in [0.29, 0.717) is 0 Å². The van der Waals surface area contributed by atoms with Crippen molar-refractivity contribution in [3.05, 3.63) is 395 Å². The van der Waals surface area contributed by atoms with E-state index >= 15 is 19.2 Å². The van der Waals surface area contributed by atoms with Gasteiger partial charge in [0.05, 0.1) is 72.0 Å². The number of benzene rings is 11. The Labute approximate surface area is 681 Å². The monoisotopic (exact) mass is 1590 g/mol. The number of hydrogen-bond acceptors (Lipinski definition) is 23. The van der Waals surface area contributed by atoms with Gasteiger partial charge in [-0.3, -0.25) is 0 Å². The molecule has 14 rings (SSSR count). The third-order valence-corrected chi connectivity index (χ3v) is 19.6. The Bertz CT molecular complexity index is 4990. The third-order valence-electron chi connectivity index (χ3n) is 19.6. The van der Waals surface area contributed by atoms with Crippen molar-refractivity contribution in [2.24, 2.45) is 0 Å². The van der Waals surface area contributed by atoms with Crippen molar-refractivity contribution >= 4 is 41.8 Å². The predicted octanol–water partition coefficient (Wildman–Crippen LogP) is 14.4. The second-order valence-electron chi connectivity index (χ2n) is 27.8. The van der Waals surface area contributed by atoms with E-state index in [0.717, 1.165) is 22.3 Å². The minimum Gasteiger partial charge on any atom is -0.459 e. The Morgan fingerprint density at radius 2 is 0.449 bits per heavy atom. The van der Waals surface area contributed by atoms with Crippen LogP contribution in [0.1, 0.15) is 94.8 Å². The first-order chi connectivity index (χ1) is 57.9. The molecule has 0 bridgehead atoms. The first kappa shape index (κ1) is 81.9. The second kappa shape index (κ2) is 41.3. The summed E-state index contributed by atoms with van der Waals surface area (Å²) in [7, 11) is 0. The van der Waals surface area contributed by atoms with Gasteiger partial charge in [-0.05, 0) is 107 Å². The third kappa shape index (κ3) is 21.9. The van der Waals surface area contributed by atoms with Crippen molar-refractivity contribution in [1.82, 2.24) is 0 Å². The molecule has 23 heteroatoms. The quantitative estimate of drug-likeness (QED) is 0.0273. The van der Waals surface area contributed by atoms with Crippen LogP contribution in [-0.4, -0.2) is 154 Å². The molecule has 0 radical (unpaired) electrons. The van der Waals surface area contributed by atoms with Crippen LogP contribution in [0.5, 0.6) is 0 Å². The molecule has 0 spiro atoms. The topological polar surface area (TPSA) is 267 Å². The zero-order chi connectivity index (χ0) is 81.2. The lowest BCUT2D eigenvalue weighted by atomic mass is 9.95. The summed E-state index contributed by atoms with van der Waals surface area (Å²) in [5.41, 5.74) is 3.25. The largest absolute Gasteiger partial charge is 0.459 e. The summed E-state index contributed by atoms with van der Waals surface area (Å²) < 4.78 is 110. The fourth-order valence-corrected chi connectivity index (χ4v) is 13.7. The molecule has 11 aromatic rings. The van der Waals surface area contributed by atoms with Gasteiger partial charge >= 0.3 is 41.8 Å². The molecule has 0 saturated carbocycles. The van der Waals surface area contributed by atoms with Gasteiger partial charge in [0.15, 0.2) is 43.1 Å². The van der Waals surface area contributed by atoms with Crippen molar-refractivity contribution < 1.29 is 109 Å². The van der Waals surface area contributed by atoms with Crippen molar-refractivity contribution in [3.63, 3.8) is 0 Å². The van der Waals surface area contributed by atoms with Gasteiger partial charge < -0.3 is 75.8 Å². The summed E-state index contributed by atoms with van der Waals surface area (Å²) in [6, 6.07) is 92.6. The van der Waals surface area contributed by atoms with Gasteiger partial charge in [0, 0.05) is 0 Å². The van der Waals surface area contributed by atoms with Crippen molar-refractivity contribution in [2.45, 2.75) is 119 Å². The van der Waals surface area contributed by atoms with Crippen LogP contribution in [0, 0.1) is 0 Å². The van der Waals surface area contributed by atoms with E-state index in [1.165, 1.54) is 84.9 Å². The normalized spacial score (nSPS) is 22.7. The molecule has 23 nitrogen and oxygen atoms in total. The molecule has 0 N–H and O–H groups in total. The van der Waals surface area contributed by atoms with Crippen LogP contribution in [0.15, 0.2) is 334 Å². The smallest absolute Gasteiger partial charge is 0.338 e. The van der Waals surface area contributed by atoms with E-state index in [1.807, 2.05) is 121 Å². The summed E-state index contributed by atoms with van der Waals surface area (Å²) in [5.74, 6) is -6.93. The molecule has 3 fully saturated rings. The first-order valence-corrected chi connectivity index (χ1v) is 38.5. The van der Waals surface area contributed by atoms with Gasteiger partial charge in [-0.1, -0.05) is 249 Å². The van der Waals surface area contributed by atoms with Crippen LogP contribution in [0.2, 0.25) is 0 Å². The highest BCUT2D eigenvalue weighted by atomic mass is 16.8. The van der Waals surface area contributed by atoms with E-state index in [9.17, 15) is 14.4 Å². The highest BCUT2D eigenvalue weighted by Gasteiger charge is 2.60. The van der Waals surface area contributed by atoms with E-state index in [-0.39, 0.29) is 72.0 Å². The lowest BCUT2D eigenvalue weighted by molar-refractivity contribution is -0.396. The van der Waals surface area contributed by atoms with Crippen LogP contribution >= 0.6 is 0 Å². The van der Waals surface area contributed by atoms with Gasteiger partial charge in [-0.15, -0.1) is 0 Å². The molecule has 3 aliphatic rings. The lowest BCUT2D eigenvalue weighted by Crippen LogP contribution is -2.68. The zero-order valence-electron chi connectivity index (χ0n) is 63.8. The molecule has 3 heterocycles. The molecular weight excluding hydrogens is 1510 g/mol. The van der Waals surface area contributed by atoms with Crippen LogP contribution in [0.25, 0.3) is 0 Å². The molecule has 602 valence electrons. The molecule has 15 atom stereocenters. The van der Waals surface area contributed by atoms with Gasteiger partial charge in [0.25, 0.3) is 0 Å². The molecule has 3 saturated heterocycles. The minimum absolute atomic E-state index is 0.00142.